The van der Waals surface area contributed by atoms with Gasteiger partial charge >= 0.3 is 11.7 Å². The Balaban J connectivity index is 1.37. The van der Waals surface area contributed by atoms with Crippen LogP contribution in [0.25, 0.3) is 43.1 Å². The van der Waals surface area contributed by atoms with Gasteiger partial charge < -0.3 is 24.1 Å². The Kier molecular flexibility index (Phi) is 5.01. The van der Waals surface area contributed by atoms with E-state index in [1.165, 1.54) is 0 Å². The van der Waals surface area contributed by atoms with Crippen LogP contribution in [0.2, 0.25) is 0 Å². The summed E-state index contributed by atoms with van der Waals surface area (Å²) in [5.41, 5.74) is -0.945. The monoisotopic (exact) mass is 575 g/mol. The molecule has 0 radical (unpaired) electrons. The van der Waals surface area contributed by atoms with E-state index in [9.17, 15) is 5.11 Å². The molecule has 0 spiro atoms. The van der Waals surface area contributed by atoms with Crippen molar-refractivity contribution in [2.24, 2.45) is 4.99 Å². The van der Waals surface area contributed by atoms with Gasteiger partial charge in [-0.3, -0.25) is 0 Å². The van der Waals surface area contributed by atoms with Gasteiger partial charge in [-0.2, -0.15) is 4.99 Å². The normalized spacial score (nSPS) is 20.4. The number of aromatic hydroxyl groups is 1. The molecular formula is C38H25NO5. The van der Waals surface area contributed by atoms with Crippen LogP contribution in [-0.4, -0.2) is 17.0 Å². The van der Waals surface area contributed by atoms with E-state index in [0.29, 0.717) is 33.7 Å². The van der Waals surface area contributed by atoms with Crippen molar-refractivity contribution in [3.63, 3.8) is 0 Å². The smallest absolute Gasteiger partial charge is 0.489 e. The largest absolute Gasteiger partial charge is 0.504 e. The minimum atomic E-state index is -1.97. The lowest BCUT2D eigenvalue weighted by Crippen LogP contribution is -2.62. The second-order valence-corrected chi connectivity index (χ2v) is 11.1. The molecule has 0 amide bonds. The minimum Gasteiger partial charge on any atom is -0.504 e. The molecule has 7 aromatic rings. The Hall–Kier alpha value is -5.75. The first kappa shape index (κ1) is 24.8. The van der Waals surface area contributed by atoms with E-state index in [1.54, 1.807) is 6.92 Å². The van der Waals surface area contributed by atoms with Crippen LogP contribution < -0.4 is 14.2 Å². The van der Waals surface area contributed by atoms with Crippen molar-refractivity contribution in [2.45, 2.75) is 18.6 Å². The van der Waals surface area contributed by atoms with Crippen LogP contribution in [0.3, 0.4) is 0 Å². The van der Waals surface area contributed by atoms with Crippen molar-refractivity contribution in [3.05, 3.63) is 133 Å². The number of rotatable bonds is 3. The zero-order valence-electron chi connectivity index (χ0n) is 23.7. The third-order valence-electron chi connectivity index (χ3n) is 8.60. The maximum atomic E-state index is 11.8. The van der Waals surface area contributed by atoms with E-state index in [-0.39, 0.29) is 11.5 Å². The first-order chi connectivity index (χ1) is 21.6. The molecule has 0 saturated heterocycles. The third kappa shape index (κ3) is 3.22. The lowest BCUT2D eigenvalue weighted by Gasteiger charge is -2.44. The molecule has 212 valence electrons. The number of hydrogen-bond acceptors (Lipinski definition) is 6. The molecular weight excluding hydrogens is 550 g/mol. The number of ether oxygens (including phenoxy) is 4. The van der Waals surface area contributed by atoms with E-state index >= 15 is 0 Å². The SMILES string of the molecule is CC1=NC2(c3ccccc3)Oc3c(c4ccccc4c4ccccc34)OC2(Oc2c(O)c3ccccc3c3ccccc23)O1. The van der Waals surface area contributed by atoms with Gasteiger partial charge in [0.2, 0.25) is 0 Å². The number of aliphatic imine (C=N–C) groups is 1. The Morgan fingerprint density at radius 2 is 0.977 bits per heavy atom. The fraction of sp³-hybridized carbons (Fsp3) is 0.0789. The maximum absolute atomic E-state index is 11.8. The van der Waals surface area contributed by atoms with Gasteiger partial charge in [-0.15, -0.1) is 0 Å². The van der Waals surface area contributed by atoms with Crippen LogP contribution >= 0.6 is 0 Å². The molecule has 0 saturated carbocycles. The van der Waals surface area contributed by atoms with Crippen LogP contribution in [0.4, 0.5) is 0 Å². The van der Waals surface area contributed by atoms with Crippen LogP contribution in [-0.2, 0) is 10.5 Å². The van der Waals surface area contributed by atoms with Crippen molar-refractivity contribution in [2.75, 3.05) is 0 Å². The zero-order chi connectivity index (χ0) is 29.5. The molecule has 2 aliphatic rings. The first-order valence-corrected chi connectivity index (χ1v) is 14.5. The van der Waals surface area contributed by atoms with Gasteiger partial charge in [-0.1, -0.05) is 127 Å². The van der Waals surface area contributed by atoms with Crippen LogP contribution in [0.1, 0.15) is 12.5 Å². The summed E-state index contributed by atoms with van der Waals surface area (Å²) >= 11 is 0. The Morgan fingerprint density at radius 1 is 0.523 bits per heavy atom. The molecule has 2 atom stereocenters. The summed E-state index contributed by atoms with van der Waals surface area (Å²) in [7, 11) is 0. The summed E-state index contributed by atoms with van der Waals surface area (Å²) in [5.74, 6) is -0.459. The molecule has 2 unspecified atom stereocenters. The number of nitrogens with zero attached hydrogens (tertiary/aromatic N) is 1. The number of fused-ring (bicyclic) bond motifs is 10. The first-order valence-electron chi connectivity index (χ1n) is 14.5. The lowest BCUT2D eigenvalue weighted by atomic mass is 9.95. The van der Waals surface area contributed by atoms with E-state index in [2.05, 4.69) is 12.1 Å². The third-order valence-corrected chi connectivity index (χ3v) is 8.60. The molecule has 7 aromatic carbocycles. The van der Waals surface area contributed by atoms with Gasteiger partial charge in [0.25, 0.3) is 0 Å². The van der Waals surface area contributed by atoms with Crippen LogP contribution in [0, 0.1) is 0 Å². The van der Waals surface area contributed by atoms with Gasteiger partial charge in [0.15, 0.2) is 28.9 Å². The molecule has 2 heterocycles. The summed E-state index contributed by atoms with van der Waals surface area (Å²) in [6, 6.07) is 41.2. The molecule has 0 bridgehead atoms. The summed E-state index contributed by atoms with van der Waals surface area (Å²) in [6.45, 7) is 1.75. The molecule has 6 nitrogen and oxygen atoms in total. The molecule has 0 fully saturated rings. The van der Waals surface area contributed by atoms with Crippen molar-refractivity contribution < 1.29 is 24.1 Å². The average Bonchev–Trinajstić information content (AvgIpc) is 3.38. The summed E-state index contributed by atoms with van der Waals surface area (Å²) in [5, 5.41) is 18.7. The van der Waals surface area contributed by atoms with Crippen molar-refractivity contribution in [1.29, 1.82) is 0 Å². The van der Waals surface area contributed by atoms with E-state index < -0.39 is 11.7 Å². The van der Waals surface area contributed by atoms with Gasteiger partial charge in [0.1, 0.15) is 0 Å². The summed E-state index contributed by atoms with van der Waals surface area (Å²) < 4.78 is 27.6. The Morgan fingerprint density at radius 3 is 1.59 bits per heavy atom. The summed E-state index contributed by atoms with van der Waals surface area (Å²) in [6.07, 6.45) is 0. The highest BCUT2D eigenvalue weighted by molar-refractivity contribution is 6.15. The minimum absolute atomic E-state index is 0.0263. The van der Waals surface area contributed by atoms with Gasteiger partial charge in [0.05, 0.1) is 0 Å². The molecule has 9 rings (SSSR count). The Bertz CT molecular complexity index is 2330. The lowest BCUT2D eigenvalue weighted by molar-refractivity contribution is -0.340. The predicted molar refractivity (Wildman–Crippen MR) is 172 cm³/mol. The Labute approximate surface area is 252 Å². The second kappa shape index (κ2) is 8.88. The van der Waals surface area contributed by atoms with Crippen LogP contribution in [0.5, 0.6) is 23.0 Å². The number of phenols is 1. The quantitative estimate of drug-likeness (QED) is 0.213. The molecule has 0 aliphatic carbocycles. The fourth-order valence-corrected chi connectivity index (χ4v) is 6.72. The number of benzene rings is 7. The number of phenolic OH excluding ortho intramolecular Hbond substituents is 1. The molecule has 6 heteroatoms. The highest BCUT2D eigenvalue weighted by Crippen LogP contribution is 2.58. The van der Waals surface area contributed by atoms with Gasteiger partial charge in [0, 0.05) is 34.0 Å². The van der Waals surface area contributed by atoms with Gasteiger partial charge in [-0.05, 0) is 21.5 Å². The van der Waals surface area contributed by atoms with Gasteiger partial charge in [-0.25, -0.2) is 0 Å². The predicted octanol–water partition coefficient (Wildman–Crippen LogP) is 8.81. The van der Waals surface area contributed by atoms with E-state index in [1.807, 2.05) is 115 Å². The average molecular weight is 576 g/mol. The highest BCUT2D eigenvalue weighted by Gasteiger charge is 2.71. The maximum Gasteiger partial charge on any atom is 0.489 e. The zero-order valence-corrected chi connectivity index (χ0v) is 23.7. The topological polar surface area (TPSA) is 69.5 Å². The van der Waals surface area contributed by atoms with Crippen molar-refractivity contribution in [3.8, 4) is 23.0 Å². The molecule has 44 heavy (non-hydrogen) atoms. The fourth-order valence-electron chi connectivity index (χ4n) is 6.72. The second-order valence-electron chi connectivity index (χ2n) is 11.1. The van der Waals surface area contributed by atoms with Crippen LogP contribution in [0.15, 0.2) is 132 Å². The van der Waals surface area contributed by atoms with Crippen molar-refractivity contribution >= 4 is 49.0 Å². The molecule has 1 N–H and O–H groups in total. The summed E-state index contributed by atoms with van der Waals surface area (Å²) in [4.78, 5) is 4.98. The standard InChI is InChI=1S/C38H25NO5/c1-23-39-37(24-13-3-2-4-14-24)38(41-23,43-34-30-20-10-6-16-26(30)25-15-5-9-19-29(25)33(34)40)44-36-32-22-12-8-18-28(32)27-17-7-11-21-31(27)35(36)42-37/h2-22,40H,1H3. The number of hydrogen-bond donors (Lipinski definition) is 1. The highest BCUT2D eigenvalue weighted by atomic mass is 16.9. The van der Waals surface area contributed by atoms with E-state index in [0.717, 1.165) is 32.3 Å². The van der Waals surface area contributed by atoms with E-state index in [4.69, 9.17) is 23.9 Å². The molecule has 2 aliphatic heterocycles. The van der Waals surface area contributed by atoms with Crippen molar-refractivity contribution in [1.82, 2.24) is 0 Å². The molecule has 0 aromatic heterocycles.